The monoisotopic (exact) mass is 235 g/mol. The smallest absolute Gasteiger partial charge is 0.255 e. The van der Waals surface area contributed by atoms with Crippen molar-refractivity contribution in [2.24, 2.45) is 0 Å². The van der Waals surface area contributed by atoms with E-state index in [0.29, 0.717) is 0 Å². The van der Waals surface area contributed by atoms with Gasteiger partial charge in [-0.15, -0.1) is 0 Å². The second kappa shape index (κ2) is 4.75. The Bertz CT molecular complexity index is 411. The van der Waals surface area contributed by atoms with E-state index in [1.54, 1.807) is 18.2 Å². The zero-order valence-electron chi connectivity index (χ0n) is 9.65. The van der Waals surface area contributed by atoms with Crippen LogP contribution in [0.5, 0.6) is 5.75 Å². The number of benzene rings is 1. The van der Waals surface area contributed by atoms with Crippen LogP contribution >= 0.6 is 0 Å². The molecule has 1 fully saturated rings. The molecular weight excluding hydrogens is 218 g/mol. The standard InChI is InChI=1S/C13H17NO3/c15-11-6-2-1-5-10(11)12(16)14-9-13(17)7-3-4-8-13/h1-2,5-6,15,17H,3-4,7-9H2,(H,14,16). The highest BCUT2D eigenvalue weighted by Crippen LogP contribution is 2.28. The SMILES string of the molecule is O=C(NCC1(O)CCCC1)c1ccccc1O. The summed E-state index contributed by atoms with van der Waals surface area (Å²) in [6, 6.07) is 6.39. The largest absolute Gasteiger partial charge is 0.507 e. The van der Waals surface area contributed by atoms with E-state index in [4.69, 9.17) is 0 Å². The number of hydrogen-bond donors (Lipinski definition) is 3. The first-order valence-corrected chi connectivity index (χ1v) is 5.89. The Labute approximate surface area is 100 Å². The number of carbonyl (C=O) groups excluding carboxylic acids is 1. The van der Waals surface area contributed by atoms with E-state index < -0.39 is 5.60 Å². The van der Waals surface area contributed by atoms with Crippen molar-refractivity contribution in [1.82, 2.24) is 5.32 Å². The average molecular weight is 235 g/mol. The Morgan fingerprint density at radius 2 is 1.94 bits per heavy atom. The number of phenols is 1. The topological polar surface area (TPSA) is 69.6 Å². The molecule has 2 rings (SSSR count). The van der Waals surface area contributed by atoms with E-state index in [9.17, 15) is 15.0 Å². The Morgan fingerprint density at radius 3 is 2.59 bits per heavy atom. The minimum absolute atomic E-state index is 0.0385. The van der Waals surface area contributed by atoms with Crippen molar-refractivity contribution >= 4 is 5.91 Å². The fourth-order valence-corrected chi connectivity index (χ4v) is 2.22. The van der Waals surface area contributed by atoms with Crippen LogP contribution in [0.15, 0.2) is 24.3 Å². The molecule has 1 aromatic carbocycles. The molecule has 0 radical (unpaired) electrons. The molecule has 0 aliphatic heterocycles. The molecule has 4 heteroatoms. The van der Waals surface area contributed by atoms with Gasteiger partial charge >= 0.3 is 0 Å². The molecule has 17 heavy (non-hydrogen) atoms. The molecule has 0 bridgehead atoms. The number of aliphatic hydroxyl groups is 1. The minimum atomic E-state index is -0.764. The van der Waals surface area contributed by atoms with Gasteiger partial charge in [0.25, 0.3) is 5.91 Å². The zero-order valence-corrected chi connectivity index (χ0v) is 9.65. The number of hydrogen-bond acceptors (Lipinski definition) is 3. The second-order valence-electron chi connectivity index (χ2n) is 4.63. The van der Waals surface area contributed by atoms with Gasteiger partial charge in [0.2, 0.25) is 0 Å². The summed E-state index contributed by atoms with van der Waals surface area (Å²) in [4.78, 5) is 11.8. The summed E-state index contributed by atoms with van der Waals surface area (Å²) >= 11 is 0. The lowest BCUT2D eigenvalue weighted by Crippen LogP contribution is -2.40. The first kappa shape index (κ1) is 11.9. The number of carbonyl (C=O) groups is 1. The number of phenolic OH excluding ortho intramolecular Hbond substituents is 1. The number of para-hydroxylation sites is 1. The van der Waals surface area contributed by atoms with Gasteiger partial charge in [-0.2, -0.15) is 0 Å². The van der Waals surface area contributed by atoms with Gasteiger partial charge in [0, 0.05) is 6.54 Å². The molecule has 92 valence electrons. The van der Waals surface area contributed by atoms with Gasteiger partial charge in [-0.3, -0.25) is 4.79 Å². The van der Waals surface area contributed by atoms with Crippen LogP contribution in [-0.2, 0) is 0 Å². The molecule has 1 amide bonds. The second-order valence-corrected chi connectivity index (χ2v) is 4.63. The lowest BCUT2D eigenvalue weighted by molar-refractivity contribution is 0.0449. The maximum atomic E-state index is 11.8. The van der Waals surface area contributed by atoms with E-state index in [-0.39, 0.29) is 23.8 Å². The summed E-state index contributed by atoms with van der Waals surface area (Å²) in [5, 5.41) is 22.3. The third-order valence-electron chi connectivity index (χ3n) is 3.26. The van der Waals surface area contributed by atoms with Crippen LogP contribution < -0.4 is 5.32 Å². The van der Waals surface area contributed by atoms with Crippen molar-refractivity contribution in [3.05, 3.63) is 29.8 Å². The minimum Gasteiger partial charge on any atom is -0.507 e. The number of rotatable bonds is 3. The van der Waals surface area contributed by atoms with Gasteiger partial charge in [-0.1, -0.05) is 25.0 Å². The third-order valence-corrected chi connectivity index (χ3v) is 3.26. The molecule has 0 heterocycles. The first-order valence-electron chi connectivity index (χ1n) is 5.89. The fraction of sp³-hybridized carbons (Fsp3) is 0.462. The number of aromatic hydroxyl groups is 1. The lowest BCUT2D eigenvalue weighted by Gasteiger charge is -2.22. The summed E-state index contributed by atoms with van der Waals surface area (Å²) in [7, 11) is 0. The molecule has 0 spiro atoms. The highest BCUT2D eigenvalue weighted by Gasteiger charge is 2.31. The van der Waals surface area contributed by atoms with E-state index in [1.165, 1.54) is 6.07 Å². The molecule has 1 aliphatic rings. The highest BCUT2D eigenvalue weighted by molar-refractivity contribution is 5.96. The summed E-state index contributed by atoms with van der Waals surface area (Å²) in [5.74, 6) is -0.383. The quantitative estimate of drug-likeness (QED) is 0.742. The van der Waals surface area contributed by atoms with Gasteiger partial charge in [0.15, 0.2) is 0 Å². The lowest BCUT2D eigenvalue weighted by atomic mass is 10.0. The Kier molecular flexibility index (Phi) is 3.33. The fourth-order valence-electron chi connectivity index (χ4n) is 2.22. The molecule has 0 saturated heterocycles. The van der Waals surface area contributed by atoms with E-state index in [0.717, 1.165) is 25.7 Å². The van der Waals surface area contributed by atoms with Crippen LogP contribution in [0.1, 0.15) is 36.0 Å². The number of nitrogens with one attached hydrogen (secondary N) is 1. The molecule has 0 atom stereocenters. The van der Waals surface area contributed by atoms with Crippen LogP contribution in [0.2, 0.25) is 0 Å². The van der Waals surface area contributed by atoms with Crippen LogP contribution in [0, 0.1) is 0 Å². The Balaban J connectivity index is 1.96. The molecule has 0 unspecified atom stereocenters. The molecule has 4 nitrogen and oxygen atoms in total. The Hall–Kier alpha value is -1.55. The van der Waals surface area contributed by atoms with Gasteiger partial charge in [-0.25, -0.2) is 0 Å². The maximum Gasteiger partial charge on any atom is 0.255 e. The van der Waals surface area contributed by atoms with E-state index >= 15 is 0 Å². The first-order chi connectivity index (χ1) is 8.11. The van der Waals surface area contributed by atoms with Crippen LogP contribution in [0.4, 0.5) is 0 Å². The number of amides is 1. The Morgan fingerprint density at radius 1 is 1.29 bits per heavy atom. The molecule has 1 saturated carbocycles. The third kappa shape index (κ3) is 2.77. The van der Waals surface area contributed by atoms with Crippen molar-refractivity contribution in [2.75, 3.05) is 6.54 Å². The van der Waals surface area contributed by atoms with Crippen molar-refractivity contribution in [3.63, 3.8) is 0 Å². The maximum absolute atomic E-state index is 11.8. The average Bonchev–Trinajstić information content (AvgIpc) is 2.74. The van der Waals surface area contributed by atoms with Crippen molar-refractivity contribution in [1.29, 1.82) is 0 Å². The summed E-state index contributed by atoms with van der Waals surface area (Å²) < 4.78 is 0. The van der Waals surface area contributed by atoms with E-state index in [2.05, 4.69) is 5.32 Å². The molecule has 1 aliphatic carbocycles. The van der Waals surface area contributed by atoms with Crippen LogP contribution in [0.25, 0.3) is 0 Å². The van der Waals surface area contributed by atoms with E-state index in [1.807, 2.05) is 0 Å². The van der Waals surface area contributed by atoms with Crippen LogP contribution in [-0.4, -0.2) is 28.3 Å². The van der Waals surface area contributed by atoms with Gasteiger partial charge in [0.05, 0.1) is 11.2 Å². The predicted molar refractivity (Wildman–Crippen MR) is 63.9 cm³/mol. The molecular formula is C13H17NO3. The van der Waals surface area contributed by atoms with Crippen molar-refractivity contribution in [2.45, 2.75) is 31.3 Å². The summed E-state index contributed by atoms with van der Waals surface area (Å²) in [6.45, 7) is 0.250. The van der Waals surface area contributed by atoms with Crippen molar-refractivity contribution < 1.29 is 15.0 Å². The highest BCUT2D eigenvalue weighted by atomic mass is 16.3. The van der Waals surface area contributed by atoms with Gasteiger partial charge in [0.1, 0.15) is 5.75 Å². The summed E-state index contributed by atoms with van der Waals surface area (Å²) in [6.07, 6.45) is 3.47. The van der Waals surface area contributed by atoms with Crippen LogP contribution in [0.3, 0.4) is 0 Å². The molecule has 1 aromatic rings. The van der Waals surface area contributed by atoms with Gasteiger partial charge in [-0.05, 0) is 25.0 Å². The predicted octanol–water partition coefficient (Wildman–Crippen LogP) is 1.43. The van der Waals surface area contributed by atoms with Crippen molar-refractivity contribution in [3.8, 4) is 5.75 Å². The zero-order chi connectivity index (χ0) is 12.3. The normalized spacial score (nSPS) is 17.9. The van der Waals surface area contributed by atoms with Gasteiger partial charge < -0.3 is 15.5 Å². The molecule has 0 aromatic heterocycles. The summed E-state index contributed by atoms with van der Waals surface area (Å²) in [5.41, 5.74) is -0.519. The molecule has 3 N–H and O–H groups in total.